The normalized spacial score (nSPS) is 11.0. The second kappa shape index (κ2) is 4.97. The molecule has 0 unspecified atom stereocenters. The summed E-state index contributed by atoms with van der Waals surface area (Å²) in [7, 11) is 0. The summed E-state index contributed by atoms with van der Waals surface area (Å²) in [6.45, 7) is 7.36. The van der Waals surface area contributed by atoms with Gasteiger partial charge in [0.05, 0.1) is 6.54 Å². The fraction of sp³-hybridized carbons (Fsp3) is 0.417. The van der Waals surface area contributed by atoms with E-state index in [2.05, 4.69) is 41.8 Å². The van der Waals surface area contributed by atoms with E-state index < -0.39 is 0 Å². The van der Waals surface area contributed by atoms with Gasteiger partial charge in [0.2, 0.25) is 0 Å². The van der Waals surface area contributed by atoms with Crippen molar-refractivity contribution in [2.75, 3.05) is 5.32 Å². The molecule has 0 aliphatic carbocycles. The molecule has 1 N–H and O–H groups in total. The Morgan fingerprint density at radius 3 is 2.75 bits per heavy atom. The fourth-order valence-electron chi connectivity index (χ4n) is 1.39. The zero-order valence-corrected chi connectivity index (χ0v) is 11.4. The molecule has 0 aliphatic rings. The molecular formula is C12H16N2S2. The number of rotatable bonds is 4. The van der Waals surface area contributed by atoms with Crippen molar-refractivity contribution < 1.29 is 0 Å². The van der Waals surface area contributed by atoms with Crippen LogP contribution in [-0.2, 0) is 6.54 Å². The van der Waals surface area contributed by atoms with Crippen molar-refractivity contribution in [3.63, 3.8) is 0 Å². The van der Waals surface area contributed by atoms with E-state index in [0.29, 0.717) is 5.92 Å². The molecule has 4 heteroatoms. The lowest BCUT2D eigenvalue weighted by molar-refractivity contribution is 0.885. The van der Waals surface area contributed by atoms with Gasteiger partial charge in [-0.25, -0.2) is 4.98 Å². The summed E-state index contributed by atoms with van der Waals surface area (Å²) in [6.07, 6.45) is 1.99. The Hall–Kier alpha value is -0.870. The molecular weight excluding hydrogens is 236 g/mol. The minimum atomic E-state index is 0.578. The lowest BCUT2D eigenvalue weighted by Crippen LogP contribution is -1.98. The Kier molecular flexibility index (Phi) is 3.61. The van der Waals surface area contributed by atoms with E-state index in [1.54, 1.807) is 22.7 Å². The lowest BCUT2D eigenvalue weighted by atomic mass is 10.2. The van der Waals surface area contributed by atoms with E-state index in [-0.39, 0.29) is 0 Å². The molecule has 0 saturated carbocycles. The number of hydrogen-bond acceptors (Lipinski definition) is 4. The van der Waals surface area contributed by atoms with Crippen LogP contribution in [0.2, 0.25) is 0 Å². The molecule has 0 fully saturated rings. The Balaban J connectivity index is 1.97. The number of thiazole rings is 1. The highest BCUT2D eigenvalue weighted by molar-refractivity contribution is 7.11. The molecule has 0 spiro atoms. The molecule has 0 amide bonds. The third-order valence-corrected chi connectivity index (χ3v) is 4.59. The second-order valence-electron chi connectivity index (χ2n) is 4.13. The van der Waals surface area contributed by atoms with Crippen molar-refractivity contribution in [1.82, 2.24) is 4.98 Å². The highest BCUT2D eigenvalue weighted by Gasteiger charge is 2.06. The van der Waals surface area contributed by atoms with Crippen molar-refractivity contribution >= 4 is 28.4 Å². The van der Waals surface area contributed by atoms with Gasteiger partial charge in [-0.05, 0) is 23.8 Å². The average Bonchev–Trinajstić information content (AvgIpc) is 2.83. The molecule has 2 rings (SSSR count). The molecule has 2 aromatic heterocycles. The SMILES string of the molecule is Cc1cscc1NCc1ncc(C(C)C)s1. The molecule has 0 aromatic carbocycles. The monoisotopic (exact) mass is 252 g/mol. The maximum atomic E-state index is 4.43. The highest BCUT2D eigenvalue weighted by atomic mass is 32.1. The minimum absolute atomic E-state index is 0.578. The Bertz CT molecular complexity index is 457. The van der Waals surface area contributed by atoms with Gasteiger partial charge in [-0.15, -0.1) is 22.7 Å². The number of aryl methyl sites for hydroxylation is 1. The molecule has 2 aromatic rings. The zero-order valence-electron chi connectivity index (χ0n) is 9.78. The van der Waals surface area contributed by atoms with Crippen LogP contribution in [0.15, 0.2) is 17.0 Å². The minimum Gasteiger partial charge on any atom is -0.378 e. The highest BCUT2D eigenvalue weighted by Crippen LogP contribution is 2.24. The number of nitrogens with one attached hydrogen (secondary N) is 1. The van der Waals surface area contributed by atoms with Crippen LogP contribution in [0.5, 0.6) is 0 Å². The first-order chi connectivity index (χ1) is 7.66. The Morgan fingerprint density at radius 1 is 1.38 bits per heavy atom. The Labute approximate surface area is 104 Å². The van der Waals surface area contributed by atoms with Crippen molar-refractivity contribution in [2.45, 2.75) is 33.2 Å². The summed E-state index contributed by atoms with van der Waals surface area (Å²) in [6, 6.07) is 0. The van der Waals surface area contributed by atoms with Crippen molar-refractivity contribution in [3.05, 3.63) is 32.4 Å². The van der Waals surface area contributed by atoms with E-state index in [0.717, 1.165) is 11.6 Å². The number of hydrogen-bond donors (Lipinski definition) is 1. The van der Waals surface area contributed by atoms with Gasteiger partial charge in [0.15, 0.2) is 0 Å². The smallest absolute Gasteiger partial charge is 0.112 e. The van der Waals surface area contributed by atoms with E-state index in [9.17, 15) is 0 Å². The van der Waals surface area contributed by atoms with Crippen LogP contribution < -0.4 is 5.32 Å². The van der Waals surface area contributed by atoms with E-state index in [4.69, 9.17) is 0 Å². The van der Waals surface area contributed by atoms with Gasteiger partial charge in [-0.3, -0.25) is 0 Å². The molecule has 0 radical (unpaired) electrons. The first-order valence-electron chi connectivity index (χ1n) is 5.38. The average molecular weight is 252 g/mol. The third kappa shape index (κ3) is 2.62. The molecule has 2 heterocycles. The van der Waals surface area contributed by atoms with Crippen molar-refractivity contribution in [1.29, 1.82) is 0 Å². The standard InChI is InChI=1S/C12H16N2S2/c1-8(2)11-4-14-12(16-11)5-13-10-7-15-6-9(10)3/h4,6-8,13H,5H2,1-3H3. The van der Waals surface area contributed by atoms with E-state index in [1.807, 2.05) is 6.20 Å². The number of anilines is 1. The zero-order chi connectivity index (χ0) is 11.5. The van der Waals surface area contributed by atoms with Gasteiger partial charge in [0, 0.05) is 22.1 Å². The van der Waals surface area contributed by atoms with Crippen LogP contribution in [0.1, 0.15) is 35.2 Å². The van der Waals surface area contributed by atoms with E-state index >= 15 is 0 Å². The molecule has 0 aliphatic heterocycles. The second-order valence-corrected chi connectivity index (χ2v) is 6.02. The van der Waals surface area contributed by atoms with Crippen LogP contribution in [-0.4, -0.2) is 4.98 Å². The number of aromatic nitrogens is 1. The summed E-state index contributed by atoms with van der Waals surface area (Å²) >= 11 is 3.53. The Morgan fingerprint density at radius 2 is 2.19 bits per heavy atom. The quantitative estimate of drug-likeness (QED) is 0.880. The summed E-state index contributed by atoms with van der Waals surface area (Å²) in [4.78, 5) is 5.79. The van der Waals surface area contributed by atoms with Crippen LogP contribution >= 0.6 is 22.7 Å². The maximum Gasteiger partial charge on any atom is 0.112 e. The molecule has 0 saturated heterocycles. The summed E-state index contributed by atoms with van der Waals surface area (Å²) in [5, 5.41) is 8.88. The summed E-state index contributed by atoms with van der Waals surface area (Å²) in [5.74, 6) is 0.578. The molecule has 16 heavy (non-hydrogen) atoms. The molecule has 0 bridgehead atoms. The van der Waals surface area contributed by atoms with Gasteiger partial charge in [-0.2, -0.15) is 0 Å². The van der Waals surface area contributed by atoms with Gasteiger partial charge >= 0.3 is 0 Å². The van der Waals surface area contributed by atoms with Gasteiger partial charge in [0.25, 0.3) is 0 Å². The molecule has 2 nitrogen and oxygen atoms in total. The van der Waals surface area contributed by atoms with Crippen LogP contribution in [0, 0.1) is 6.92 Å². The predicted octanol–water partition coefficient (Wildman–Crippen LogP) is 4.25. The fourth-order valence-corrected chi connectivity index (χ4v) is 3.05. The van der Waals surface area contributed by atoms with Gasteiger partial charge < -0.3 is 5.32 Å². The molecule has 86 valence electrons. The molecule has 0 atom stereocenters. The van der Waals surface area contributed by atoms with Crippen LogP contribution in [0.3, 0.4) is 0 Å². The maximum absolute atomic E-state index is 4.43. The number of thiophene rings is 1. The first-order valence-corrected chi connectivity index (χ1v) is 7.14. The number of nitrogens with zero attached hydrogens (tertiary/aromatic N) is 1. The van der Waals surface area contributed by atoms with Crippen molar-refractivity contribution in [3.8, 4) is 0 Å². The third-order valence-electron chi connectivity index (χ3n) is 2.43. The predicted molar refractivity (Wildman–Crippen MR) is 72.6 cm³/mol. The first kappa shape index (κ1) is 11.6. The van der Waals surface area contributed by atoms with E-state index in [1.165, 1.54) is 16.1 Å². The largest absolute Gasteiger partial charge is 0.378 e. The van der Waals surface area contributed by atoms with Gasteiger partial charge in [0.1, 0.15) is 5.01 Å². The topological polar surface area (TPSA) is 24.9 Å². The van der Waals surface area contributed by atoms with Gasteiger partial charge in [-0.1, -0.05) is 13.8 Å². The summed E-state index contributed by atoms with van der Waals surface area (Å²) < 4.78 is 0. The van der Waals surface area contributed by atoms with Crippen LogP contribution in [0.4, 0.5) is 5.69 Å². The van der Waals surface area contributed by atoms with Crippen LogP contribution in [0.25, 0.3) is 0 Å². The summed E-state index contributed by atoms with van der Waals surface area (Å²) in [5.41, 5.74) is 2.54. The lowest BCUT2D eigenvalue weighted by Gasteiger charge is -2.02. The van der Waals surface area contributed by atoms with Crippen molar-refractivity contribution in [2.24, 2.45) is 0 Å².